The molecule has 1 aliphatic heterocycles. The molecule has 0 aromatic heterocycles. The smallest absolute Gasteiger partial charge is 0.373 e. The molecule has 1 aliphatic rings. The summed E-state index contributed by atoms with van der Waals surface area (Å²) in [5.74, 6) is -46.0. The van der Waals surface area contributed by atoms with Crippen molar-refractivity contribution >= 4 is 0 Å². The minimum absolute atomic E-state index is 0.712. The van der Waals surface area contributed by atoms with E-state index >= 15 is 0 Å². The maximum Gasteiger partial charge on any atom is 0.460 e. The summed E-state index contributed by atoms with van der Waals surface area (Å²) in [6.45, 7) is -0.712. The molecule has 0 aromatic rings. The summed E-state index contributed by atoms with van der Waals surface area (Å²) < 4.78 is 195. The Kier molecular flexibility index (Phi) is 5.03. The Morgan fingerprint density at radius 2 is 0.846 bits per heavy atom. The highest BCUT2D eigenvalue weighted by Crippen LogP contribution is 2.62. The minimum Gasteiger partial charge on any atom is -0.373 e. The zero-order valence-corrected chi connectivity index (χ0v) is 11.6. The van der Waals surface area contributed by atoms with Gasteiger partial charge in [-0.2, -0.15) is 65.9 Å². The van der Waals surface area contributed by atoms with Crippen molar-refractivity contribution in [2.75, 3.05) is 6.61 Å². The van der Waals surface area contributed by atoms with E-state index in [4.69, 9.17) is 0 Å². The van der Waals surface area contributed by atoms with Crippen molar-refractivity contribution in [3.05, 3.63) is 0 Å². The van der Waals surface area contributed by atoms with Crippen molar-refractivity contribution in [1.29, 1.82) is 0 Å². The summed E-state index contributed by atoms with van der Waals surface area (Å²) in [6.07, 6.45) is -11.8. The molecule has 1 fully saturated rings. The highest BCUT2D eigenvalue weighted by atomic mass is 19.4. The summed E-state index contributed by atoms with van der Waals surface area (Å²) in [4.78, 5) is 0. The summed E-state index contributed by atoms with van der Waals surface area (Å²) in [5.41, 5.74) is 0. The highest BCUT2D eigenvalue weighted by Gasteiger charge is 2.93. The van der Waals surface area contributed by atoms with Gasteiger partial charge in [0.2, 0.25) is 0 Å². The van der Waals surface area contributed by atoms with Crippen molar-refractivity contribution in [1.82, 2.24) is 0 Å². The van der Waals surface area contributed by atoms with E-state index < -0.39 is 60.8 Å². The zero-order valence-electron chi connectivity index (χ0n) is 11.6. The van der Waals surface area contributed by atoms with Gasteiger partial charge in [-0.05, 0) is 0 Å². The molecule has 1 rings (SSSR count). The van der Waals surface area contributed by atoms with Gasteiger partial charge in [0.15, 0.2) is 0 Å². The molecule has 0 spiro atoms. The minimum atomic E-state index is -8.23. The molecule has 0 aromatic carbocycles. The SMILES string of the molecule is FC(F)(F)C(F)(F)C(F)(F)C(F)(F)C(F)(F)C(F)(F)C(F)(F)C[C@H]1CO1. The summed E-state index contributed by atoms with van der Waals surface area (Å²) in [6, 6.07) is 0. The molecule has 1 saturated heterocycles. The van der Waals surface area contributed by atoms with Crippen LogP contribution in [-0.4, -0.2) is 54.4 Å². The van der Waals surface area contributed by atoms with Gasteiger partial charge in [-0.3, -0.25) is 0 Å². The molecule has 0 aliphatic carbocycles. The molecule has 156 valence electrons. The third-order valence-electron chi connectivity index (χ3n) is 3.28. The predicted molar refractivity (Wildman–Crippen MR) is 50.1 cm³/mol. The zero-order chi connectivity index (χ0) is 21.2. The van der Waals surface area contributed by atoms with E-state index in [2.05, 4.69) is 4.74 Å². The van der Waals surface area contributed by atoms with Crippen LogP contribution in [-0.2, 0) is 4.74 Å². The number of epoxide rings is 1. The van der Waals surface area contributed by atoms with Crippen LogP contribution < -0.4 is 0 Å². The Morgan fingerprint density at radius 3 is 1.15 bits per heavy atom. The van der Waals surface area contributed by atoms with Crippen LogP contribution in [0.4, 0.5) is 65.9 Å². The quantitative estimate of drug-likeness (QED) is 0.406. The van der Waals surface area contributed by atoms with Crippen LogP contribution in [0.15, 0.2) is 0 Å². The number of hydrogen-bond donors (Lipinski definition) is 0. The van der Waals surface area contributed by atoms with Crippen molar-refractivity contribution < 1.29 is 70.6 Å². The van der Waals surface area contributed by atoms with E-state index in [-0.39, 0.29) is 0 Å². The first-order valence-electron chi connectivity index (χ1n) is 6.03. The summed E-state index contributed by atoms with van der Waals surface area (Å²) in [7, 11) is 0. The second kappa shape index (κ2) is 5.70. The van der Waals surface area contributed by atoms with Crippen LogP contribution in [0.5, 0.6) is 0 Å². The molecule has 26 heavy (non-hydrogen) atoms. The van der Waals surface area contributed by atoms with E-state index in [1.807, 2.05) is 0 Å². The number of halogens is 15. The van der Waals surface area contributed by atoms with Gasteiger partial charge in [0.05, 0.1) is 12.7 Å². The molecular weight excluding hydrogens is 421 g/mol. The van der Waals surface area contributed by atoms with E-state index in [1.165, 1.54) is 0 Å². The van der Waals surface area contributed by atoms with Crippen LogP contribution in [0.1, 0.15) is 6.42 Å². The van der Waals surface area contributed by atoms with Gasteiger partial charge >= 0.3 is 41.7 Å². The second-order valence-electron chi connectivity index (χ2n) is 5.23. The first-order valence-corrected chi connectivity index (χ1v) is 6.03. The van der Waals surface area contributed by atoms with E-state index in [9.17, 15) is 65.9 Å². The Morgan fingerprint density at radius 1 is 0.538 bits per heavy atom. The van der Waals surface area contributed by atoms with Crippen molar-refractivity contribution in [3.8, 4) is 0 Å². The number of ether oxygens (including phenoxy) is 1. The fourth-order valence-corrected chi connectivity index (χ4v) is 1.60. The van der Waals surface area contributed by atoms with Crippen LogP contribution in [0.25, 0.3) is 0 Å². The van der Waals surface area contributed by atoms with E-state index in [0.29, 0.717) is 0 Å². The maximum atomic E-state index is 13.2. The van der Waals surface area contributed by atoms with Gasteiger partial charge in [-0.1, -0.05) is 0 Å². The molecule has 16 heteroatoms. The Bertz CT molecular complexity index is 529. The lowest BCUT2D eigenvalue weighted by Gasteiger charge is -2.41. The van der Waals surface area contributed by atoms with E-state index in [1.54, 1.807) is 0 Å². The van der Waals surface area contributed by atoms with Gasteiger partial charge in [-0.25, -0.2) is 0 Å². The van der Waals surface area contributed by atoms with Crippen LogP contribution in [0, 0.1) is 0 Å². The number of rotatable bonds is 7. The summed E-state index contributed by atoms with van der Waals surface area (Å²) >= 11 is 0. The standard InChI is InChI=1S/C10H5F15O/c11-4(12,1-3-2-26-3)5(13,14)6(15,16)7(17,18)8(19,20)9(21,22)10(23,24)25/h3H,1-2H2/t3-/m0/s1. The lowest BCUT2D eigenvalue weighted by Crippen LogP contribution is -2.72. The first-order chi connectivity index (χ1) is 11.1. The molecule has 0 amide bonds. The van der Waals surface area contributed by atoms with Gasteiger partial charge in [0.1, 0.15) is 0 Å². The molecule has 0 unspecified atom stereocenters. The van der Waals surface area contributed by atoms with Crippen LogP contribution >= 0.6 is 0 Å². The predicted octanol–water partition coefficient (Wildman–Crippen LogP) is 5.15. The lowest BCUT2D eigenvalue weighted by molar-refractivity contribution is -0.452. The maximum absolute atomic E-state index is 13.2. The van der Waals surface area contributed by atoms with Gasteiger partial charge in [0.25, 0.3) is 0 Å². The van der Waals surface area contributed by atoms with Crippen molar-refractivity contribution in [2.45, 2.75) is 54.2 Å². The fourth-order valence-electron chi connectivity index (χ4n) is 1.60. The molecule has 0 N–H and O–H groups in total. The van der Waals surface area contributed by atoms with Crippen molar-refractivity contribution in [3.63, 3.8) is 0 Å². The molecule has 0 radical (unpaired) electrons. The molecule has 1 heterocycles. The van der Waals surface area contributed by atoms with Gasteiger partial charge in [-0.15, -0.1) is 0 Å². The highest BCUT2D eigenvalue weighted by molar-refractivity contribution is 5.13. The molecule has 0 bridgehead atoms. The third kappa shape index (κ3) is 2.96. The van der Waals surface area contributed by atoms with Crippen LogP contribution in [0.2, 0.25) is 0 Å². The van der Waals surface area contributed by atoms with E-state index in [0.717, 1.165) is 0 Å². The Labute approximate surface area is 133 Å². The first kappa shape index (κ1) is 23.0. The molecule has 1 nitrogen and oxygen atoms in total. The Hall–Kier alpha value is -1.09. The normalized spacial score (nSPS) is 21.1. The molecule has 0 saturated carbocycles. The largest absolute Gasteiger partial charge is 0.460 e. The molecule has 1 atom stereocenters. The topological polar surface area (TPSA) is 12.5 Å². The monoisotopic (exact) mass is 426 g/mol. The average Bonchev–Trinajstić information content (AvgIpc) is 3.19. The van der Waals surface area contributed by atoms with Gasteiger partial charge in [0, 0.05) is 6.42 Å². The molecular formula is C10H5F15O. The van der Waals surface area contributed by atoms with Gasteiger partial charge < -0.3 is 4.74 Å². The van der Waals surface area contributed by atoms with Crippen molar-refractivity contribution in [2.24, 2.45) is 0 Å². The lowest BCUT2D eigenvalue weighted by atomic mass is 9.90. The summed E-state index contributed by atoms with van der Waals surface area (Å²) in [5, 5.41) is 0. The average molecular weight is 426 g/mol. The second-order valence-corrected chi connectivity index (χ2v) is 5.23. The number of hydrogen-bond acceptors (Lipinski definition) is 1. The third-order valence-corrected chi connectivity index (χ3v) is 3.28. The fraction of sp³-hybridized carbons (Fsp3) is 1.00. The van der Waals surface area contributed by atoms with Crippen LogP contribution in [0.3, 0.4) is 0 Å². The number of alkyl halides is 15. The Balaban J connectivity index is 3.42.